The molecule has 0 bridgehead atoms. The Morgan fingerprint density at radius 2 is 2.00 bits per heavy atom. The lowest BCUT2D eigenvalue weighted by atomic mass is 9.98. The summed E-state index contributed by atoms with van der Waals surface area (Å²) in [6.45, 7) is 1.59. The van der Waals surface area contributed by atoms with E-state index >= 15 is 4.39 Å². The van der Waals surface area contributed by atoms with Crippen molar-refractivity contribution in [3.05, 3.63) is 38.3 Å². The maximum absolute atomic E-state index is 15.2. The number of amides is 2. The first kappa shape index (κ1) is 21.1. The minimum Gasteiger partial charge on any atom is -0.366 e. The average molecular weight is 437 g/mol. The number of urea groups is 1. The van der Waals surface area contributed by atoms with E-state index in [2.05, 4.69) is 5.32 Å². The fraction of sp³-hybridized carbons (Fsp3) is 0.526. The van der Waals surface area contributed by atoms with Gasteiger partial charge >= 0.3 is 11.7 Å². The summed E-state index contributed by atoms with van der Waals surface area (Å²) in [5.41, 5.74) is 10.4. The van der Waals surface area contributed by atoms with E-state index in [-0.39, 0.29) is 36.7 Å². The molecule has 0 spiro atoms. The van der Waals surface area contributed by atoms with Crippen LogP contribution in [0.1, 0.15) is 24.4 Å². The molecule has 2 amide bonds. The number of anilines is 1. The highest BCUT2D eigenvalue weighted by molar-refractivity contribution is 5.87. The molecule has 1 saturated heterocycles. The van der Waals surface area contributed by atoms with Crippen molar-refractivity contribution in [1.82, 2.24) is 14.6 Å². The summed E-state index contributed by atoms with van der Waals surface area (Å²) >= 11 is 0. The zero-order valence-electron chi connectivity index (χ0n) is 17.0. The van der Waals surface area contributed by atoms with Crippen LogP contribution in [0.5, 0.6) is 0 Å². The van der Waals surface area contributed by atoms with Crippen LogP contribution in [0.25, 0.3) is 10.9 Å². The van der Waals surface area contributed by atoms with E-state index in [0.29, 0.717) is 15.8 Å². The van der Waals surface area contributed by atoms with E-state index in [4.69, 9.17) is 17.3 Å². The molecule has 12 heteroatoms. The minimum atomic E-state index is -1.36. The number of aryl methyl sites for hydroxylation is 1. The van der Waals surface area contributed by atoms with Crippen LogP contribution < -0.4 is 38.8 Å². The zero-order chi connectivity index (χ0) is 22.6. The number of nitrogens with zero attached hydrogens (tertiary/aromatic N) is 3. The molecule has 7 N–H and O–H groups in total. The van der Waals surface area contributed by atoms with Crippen LogP contribution in [0.2, 0.25) is 0 Å². The number of benzene rings is 1. The molecule has 4 rings (SSSR count). The maximum atomic E-state index is 15.2. The number of primary amides is 1. The van der Waals surface area contributed by atoms with E-state index in [1.165, 1.54) is 9.47 Å². The molecule has 3 unspecified atom stereocenters. The Hall–Kier alpha value is -3.15. The molecule has 3 atom stereocenters. The van der Waals surface area contributed by atoms with Crippen molar-refractivity contribution in [2.45, 2.75) is 38.0 Å². The Morgan fingerprint density at radius 3 is 2.61 bits per heavy atom. The van der Waals surface area contributed by atoms with E-state index in [1.54, 1.807) is 6.92 Å². The van der Waals surface area contributed by atoms with Crippen molar-refractivity contribution in [2.24, 2.45) is 17.4 Å². The third-order valence-electron chi connectivity index (χ3n) is 6.15. The van der Waals surface area contributed by atoms with Crippen molar-refractivity contribution in [1.29, 1.82) is 0 Å². The van der Waals surface area contributed by atoms with E-state index < -0.39 is 41.2 Å². The second-order valence-electron chi connectivity index (χ2n) is 8.28. The Bertz CT molecular complexity index is 1170. The summed E-state index contributed by atoms with van der Waals surface area (Å²) in [6.07, 6.45) is 0.139. The summed E-state index contributed by atoms with van der Waals surface area (Å²) in [5.74, 6) is 4.26. The van der Waals surface area contributed by atoms with E-state index in [0.717, 1.165) is 18.9 Å². The number of hydrogen-bond donors (Lipinski definition) is 4. The van der Waals surface area contributed by atoms with Gasteiger partial charge in [-0.3, -0.25) is 9.36 Å². The van der Waals surface area contributed by atoms with Gasteiger partial charge in [0.25, 0.3) is 5.56 Å². The van der Waals surface area contributed by atoms with Gasteiger partial charge in [0.15, 0.2) is 0 Å². The Kier molecular flexibility index (Phi) is 5.12. The van der Waals surface area contributed by atoms with Gasteiger partial charge in [0.2, 0.25) is 0 Å². The molecular formula is C19H25F2N7O3. The molecule has 31 heavy (non-hydrogen) atoms. The molecule has 1 aromatic carbocycles. The standard InChI is InChI=1S/C19H25F2N7O3/c1-8-15-10(17(29)28(24)19(31)27(15)9-2-3-9)4-12(20)16(8)26-6-11(13(21)7-26)14(22)5-25-18(23)30/h4,9,11,13-14H,2-3,5-7,22,24H2,1H3,(H3,23,25,30). The van der Waals surface area contributed by atoms with Gasteiger partial charge in [-0.05, 0) is 25.8 Å². The largest absolute Gasteiger partial charge is 0.366 e. The second-order valence-corrected chi connectivity index (χ2v) is 8.28. The van der Waals surface area contributed by atoms with Crippen molar-refractivity contribution in [3.8, 4) is 0 Å². The van der Waals surface area contributed by atoms with Gasteiger partial charge in [-0.15, -0.1) is 0 Å². The molecule has 168 valence electrons. The van der Waals surface area contributed by atoms with Crippen molar-refractivity contribution in [3.63, 3.8) is 0 Å². The number of nitrogen functional groups attached to an aromatic ring is 1. The number of halogens is 2. The summed E-state index contributed by atoms with van der Waals surface area (Å²) in [7, 11) is 0. The number of aromatic nitrogens is 2. The first-order valence-electron chi connectivity index (χ1n) is 10.0. The summed E-state index contributed by atoms with van der Waals surface area (Å²) in [4.78, 5) is 37.6. The van der Waals surface area contributed by atoms with Gasteiger partial charge < -0.3 is 27.5 Å². The van der Waals surface area contributed by atoms with Crippen molar-refractivity contribution < 1.29 is 13.6 Å². The molecule has 0 radical (unpaired) electrons. The number of carbonyl (C=O) groups is 1. The lowest BCUT2D eigenvalue weighted by molar-refractivity contribution is 0.235. The van der Waals surface area contributed by atoms with Gasteiger partial charge in [-0.2, -0.15) is 4.68 Å². The third kappa shape index (κ3) is 3.50. The van der Waals surface area contributed by atoms with Gasteiger partial charge in [0.05, 0.1) is 16.6 Å². The number of fused-ring (bicyclic) bond motifs is 1. The molecule has 2 fully saturated rings. The van der Waals surface area contributed by atoms with Gasteiger partial charge in [0.1, 0.15) is 12.0 Å². The van der Waals surface area contributed by atoms with Crippen LogP contribution >= 0.6 is 0 Å². The van der Waals surface area contributed by atoms with E-state index in [9.17, 15) is 18.8 Å². The monoisotopic (exact) mass is 437 g/mol. The lowest BCUT2D eigenvalue weighted by Crippen LogP contribution is -2.46. The van der Waals surface area contributed by atoms with Crippen molar-refractivity contribution in [2.75, 3.05) is 30.4 Å². The predicted molar refractivity (Wildman–Crippen MR) is 112 cm³/mol. The quantitative estimate of drug-likeness (QED) is 0.459. The lowest BCUT2D eigenvalue weighted by Gasteiger charge is -2.25. The topological polar surface area (TPSA) is 154 Å². The fourth-order valence-corrected chi connectivity index (χ4v) is 4.46. The molecule has 1 aliphatic carbocycles. The highest BCUT2D eigenvalue weighted by atomic mass is 19.1. The van der Waals surface area contributed by atoms with Crippen LogP contribution in [-0.2, 0) is 0 Å². The molecule has 2 aliphatic rings. The molecule has 1 saturated carbocycles. The summed E-state index contributed by atoms with van der Waals surface area (Å²) in [6, 6.07) is -0.543. The van der Waals surface area contributed by atoms with Gasteiger partial charge in [0, 0.05) is 43.2 Å². The van der Waals surface area contributed by atoms with Crippen LogP contribution in [0, 0.1) is 18.7 Å². The van der Waals surface area contributed by atoms with Crippen molar-refractivity contribution >= 4 is 22.6 Å². The first-order chi connectivity index (χ1) is 14.6. The smallest absolute Gasteiger partial charge is 0.350 e. The van der Waals surface area contributed by atoms with Crippen LogP contribution in [-0.4, -0.2) is 47.1 Å². The molecule has 2 heterocycles. The molecule has 2 aromatic rings. The van der Waals surface area contributed by atoms with Gasteiger partial charge in [-0.25, -0.2) is 18.4 Å². The Balaban J connectivity index is 1.78. The predicted octanol–water partition coefficient (Wildman–Crippen LogP) is -0.571. The highest BCUT2D eigenvalue weighted by Gasteiger charge is 2.39. The molecular weight excluding hydrogens is 412 g/mol. The Labute approximate surface area is 175 Å². The van der Waals surface area contributed by atoms with Crippen LogP contribution in [0.4, 0.5) is 19.3 Å². The number of nitrogens with two attached hydrogens (primary N) is 3. The fourth-order valence-electron chi connectivity index (χ4n) is 4.46. The van der Waals surface area contributed by atoms with E-state index in [1.807, 2.05) is 0 Å². The van der Waals surface area contributed by atoms with Crippen LogP contribution in [0.15, 0.2) is 15.7 Å². The zero-order valence-corrected chi connectivity index (χ0v) is 17.0. The average Bonchev–Trinajstić information content (AvgIpc) is 3.47. The van der Waals surface area contributed by atoms with Gasteiger partial charge in [-0.1, -0.05) is 0 Å². The second kappa shape index (κ2) is 7.52. The normalized spacial score (nSPS) is 22.1. The number of alkyl halides is 1. The number of carbonyl (C=O) groups excluding carboxylic acids is 1. The number of hydrogen-bond acceptors (Lipinski definition) is 6. The Morgan fingerprint density at radius 1 is 1.32 bits per heavy atom. The summed E-state index contributed by atoms with van der Waals surface area (Å²) in [5, 5.41) is 2.36. The summed E-state index contributed by atoms with van der Waals surface area (Å²) < 4.78 is 31.8. The molecule has 10 nitrogen and oxygen atoms in total. The SMILES string of the molecule is Cc1c(N2CC(F)C(C(N)CNC(N)=O)C2)c(F)cc2c(=O)n(N)c(=O)n(C3CC3)c12. The maximum Gasteiger partial charge on any atom is 0.350 e. The first-order valence-corrected chi connectivity index (χ1v) is 10.0. The minimum absolute atomic E-state index is 0.00246. The highest BCUT2D eigenvalue weighted by Crippen LogP contribution is 2.39. The van der Waals surface area contributed by atoms with Crippen LogP contribution in [0.3, 0.4) is 0 Å². The third-order valence-corrected chi connectivity index (χ3v) is 6.15. The molecule has 1 aromatic heterocycles. The number of rotatable bonds is 5. The number of nitrogens with one attached hydrogen (secondary N) is 1. The molecule has 1 aliphatic heterocycles.